The van der Waals surface area contributed by atoms with Crippen molar-refractivity contribution in [1.82, 2.24) is 14.8 Å². The second-order valence-corrected chi connectivity index (χ2v) is 6.11. The lowest BCUT2D eigenvalue weighted by atomic mass is 10.1. The quantitative estimate of drug-likeness (QED) is 0.540. The minimum Gasteiger partial charge on any atom is -0.368 e. The Kier molecular flexibility index (Phi) is 5.32. The van der Waals surface area contributed by atoms with Crippen LogP contribution in [0.2, 0.25) is 5.02 Å². The van der Waals surface area contributed by atoms with E-state index < -0.39 is 34.7 Å². The van der Waals surface area contributed by atoms with Gasteiger partial charge < -0.3 is 16.1 Å². The number of nitrogens with two attached hydrogens (primary N) is 1. The number of nitrogens with zero attached hydrogens (tertiary/aromatic N) is 3. The summed E-state index contributed by atoms with van der Waals surface area (Å²) in [5.41, 5.74) is 3.84. The fourth-order valence-electron chi connectivity index (χ4n) is 2.68. The van der Waals surface area contributed by atoms with Crippen LogP contribution in [0.5, 0.6) is 0 Å². The molecule has 0 aliphatic rings. The van der Waals surface area contributed by atoms with Crippen LogP contribution in [0, 0.1) is 17.0 Å². The van der Waals surface area contributed by atoms with Gasteiger partial charge in [-0.3, -0.25) is 14.6 Å². The number of hydrogen-bond acceptors (Lipinski definition) is 5. The number of rotatable bonds is 6. The molecule has 3 aromatic rings. The Balaban J connectivity index is 2.33. The Bertz CT molecular complexity index is 1150. The van der Waals surface area contributed by atoms with Gasteiger partial charge in [0, 0.05) is 18.6 Å². The van der Waals surface area contributed by atoms with Gasteiger partial charge in [0.2, 0.25) is 5.91 Å². The molecule has 0 spiro atoms. The monoisotopic (exact) mass is 406 g/mol. The van der Waals surface area contributed by atoms with Gasteiger partial charge in [-0.1, -0.05) is 17.7 Å². The predicted molar refractivity (Wildman–Crippen MR) is 101 cm³/mol. The zero-order chi connectivity index (χ0) is 20.4. The standard InChI is InChI=1S/C17H13ClF2N6O2/c18-9-6-24-17(28)13-14(8(4-21)5-23-7-12(22)27)25-26(15(9)13)16-10(19)2-1-3-11(16)20/h1-6,8,21H,7H2,(H2,22,27)(H,24,28). The van der Waals surface area contributed by atoms with Crippen molar-refractivity contribution in [2.45, 2.75) is 5.92 Å². The van der Waals surface area contributed by atoms with Crippen LogP contribution < -0.4 is 11.3 Å². The number of para-hydroxylation sites is 1. The summed E-state index contributed by atoms with van der Waals surface area (Å²) in [5.74, 6) is -3.48. The third kappa shape index (κ3) is 3.41. The largest absolute Gasteiger partial charge is 0.368 e. The Morgan fingerprint density at radius 1 is 1.43 bits per heavy atom. The molecule has 2 heterocycles. The van der Waals surface area contributed by atoms with Gasteiger partial charge in [-0.2, -0.15) is 5.10 Å². The highest BCUT2D eigenvalue weighted by atomic mass is 35.5. The molecule has 0 aliphatic carbocycles. The Labute approximate surface area is 161 Å². The normalized spacial score (nSPS) is 12.5. The summed E-state index contributed by atoms with van der Waals surface area (Å²) in [4.78, 5) is 29.5. The molecule has 0 fully saturated rings. The molecule has 0 saturated heterocycles. The van der Waals surface area contributed by atoms with Crippen LogP contribution in [0.15, 0.2) is 34.2 Å². The zero-order valence-corrected chi connectivity index (χ0v) is 14.9. The van der Waals surface area contributed by atoms with Crippen molar-refractivity contribution >= 4 is 40.8 Å². The molecule has 0 aliphatic heterocycles. The fraction of sp³-hybridized carbons (Fsp3) is 0.118. The lowest BCUT2D eigenvalue weighted by molar-refractivity contribution is -0.116. The number of carbonyl (C=O) groups excluding carboxylic acids is 1. The number of fused-ring (bicyclic) bond motifs is 1. The number of halogens is 3. The first-order valence-corrected chi connectivity index (χ1v) is 8.26. The summed E-state index contributed by atoms with van der Waals surface area (Å²) >= 11 is 6.17. The number of aromatic amines is 1. The summed E-state index contributed by atoms with van der Waals surface area (Å²) < 4.78 is 29.5. The van der Waals surface area contributed by atoms with Gasteiger partial charge in [-0.15, -0.1) is 0 Å². The first-order valence-electron chi connectivity index (χ1n) is 7.88. The van der Waals surface area contributed by atoms with E-state index in [1.165, 1.54) is 18.5 Å². The maximum atomic E-state index is 14.3. The molecule has 0 radical (unpaired) electrons. The lowest BCUT2D eigenvalue weighted by Crippen LogP contribution is -2.15. The van der Waals surface area contributed by atoms with Crippen LogP contribution in [0.1, 0.15) is 11.6 Å². The fourth-order valence-corrected chi connectivity index (χ4v) is 2.91. The average molecular weight is 407 g/mol. The summed E-state index contributed by atoms with van der Waals surface area (Å²) in [5, 5.41) is 11.7. The number of aliphatic imine (C=N–C) groups is 1. The van der Waals surface area contributed by atoms with Gasteiger partial charge >= 0.3 is 0 Å². The van der Waals surface area contributed by atoms with Crippen LogP contribution in [-0.2, 0) is 4.79 Å². The van der Waals surface area contributed by atoms with Gasteiger partial charge in [0.05, 0.1) is 22.0 Å². The van der Waals surface area contributed by atoms with Crippen molar-refractivity contribution in [1.29, 1.82) is 5.41 Å². The number of aromatic nitrogens is 3. The Morgan fingerprint density at radius 2 is 2.11 bits per heavy atom. The molecule has 11 heteroatoms. The smallest absolute Gasteiger partial charge is 0.259 e. The molecule has 0 saturated carbocycles. The topological polar surface area (TPSA) is 130 Å². The number of primary amides is 1. The van der Waals surface area contributed by atoms with Gasteiger partial charge in [-0.25, -0.2) is 13.5 Å². The maximum Gasteiger partial charge on any atom is 0.259 e. The number of nitrogens with one attached hydrogen (secondary N) is 2. The molecule has 0 bridgehead atoms. The average Bonchev–Trinajstić information content (AvgIpc) is 3.03. The third-order valence-electron chi connectivity index (χ3n) is 3.85. The summed E-state index contributed by atoms with van der Waals surface area (Å²) in [6.07, 6.45) is 3.28. The van der Waals surface area contributed by atoms with Crippen LogP contribution in [0.3, 0.4) is 0 Å². The number of pyridine rings is 1. The highest BCUT2D eigenvalue weighted by Crippen LogP contribution is 2.30. The first kappa shape index (κ1) is 19.4. The van der Waals surface area contributed by atoms with E-state index in [2.05, 4.69) is 15.1 Å². The molecule has 1 atom stereocenters. The Morgan fingerprint density at radius 3 is 2.71 bits per heavy atom. The Hall–Kier alpha value is -3.40. The SMILES string of the molecule is N=CC(C=NCC(N)=O)c1nn(-c2c(F)cccc2F)c2c(Cl)c[nH]c(=O)c12. The summed E-state index contributed by atoms with van der Waals surface area (Å²) in [6.45, 7) is -0.331. The summed E-state index contributed by atoms with van der Waals surface area (Å²) in [6, 6.07) is 3.26. The van der Waals surface area contributed by atoms with Crippen LogP contribution in [0.4, 0.5) is 8.78 Å². The van der Waals surface area contributed by atoms with E-state index in [-0.39, 0.29) is 28.2 Å². The number of hydrogen-bond donors (Lipinski definition) is 3. The van der Waals surface area contributed by atoms with Crippen molar-refractivity contribution in [3.05, 3.63) is 57.1 Å². The minimum atomic E-state index is -0.961. The molecule has 144 valence electrons. The first-order chi connectivity index (χ1) is 13.3. The summed E-state index contributed by atoms with van der Waals surface area (Å²) in [7, 11) is 0. The van der Waals surface area contributed by atoms with E-state index in [9.17, 15) is 18.4 Å². The predicted octanol–water partition coefficient (Wildman–Crippen LogP) is 1.93. The molecule has 1 amide bonds. The van der Waals surface area contributed by atoms with Crippen LogP contribution in [-0.4, -0.2) is 39.6 Å². The van der Waals surface area contributed by atoms with Crippen molar-refractivity contribution in [3.8, 4) is 5.69 Å². The molecule has 2 aromatic heterocycles. The van der Waals surface area contributed by atoms with E-state index in [0.717, 1.165) is 23.0 Å². The van der Waals surface area contributed by atoms with E-state index in [1.54, 1.807) is 0 Å². The van der Waals surface area contributed by atoms with Crippen molar-refractivity contribution < 1.29 is 13.6 Å². The second kappa shape index (κ2) is 7.69. The molecule has 3 rings (SSSR count). The number of benzene rings is 1. The maximum absolute atomic E-state index is 14.3. The van der Waals surface area contributed by atoms with Crippen LogP contribution >= 0.6 is 11.6 Å². The molecule has 4 N–H and O–H groups in total. The number of H-pyrrole nitrogens is 1. The van der Waals surface area contributed by atoms with Crippen LogP contribution in [0.25, 0.3) is 16.6 Å². The van der Waals surface area contributed by atoms with E-state index >= 15 is 0 Å². The van der Waals surface area contributed by atoms with Crippen molar-refractivity contribution in [2.75, 3.05) is 6.54 Å². The molecule has 1 aromatic carbocycles. The third-order valence-corrected chi connectivity index (χ3v) is 4.14. The van der Waals surface area contributed by atoms with Gasteiger partial charge in [0.15, 0.2) is 11.6 Å². The molecule has 28 heavy (non-hydrogen) atoms. The van der Waals surface area contributed by atoms with E-state index in [0.29, 0.717) is 0 Å². The molecular weight excluding hydrogens is 394 g/mol. The molecule has 8 nitrogen and oxygen atoms in total. The van der Waals surface area contributed by atoms with Gasteiger partial charge in [-0.05, 0) is 12.1 Å². The number of carbonyl (C=O) groups is 1. The van der Waals surface area contributed by atoms with Crippen molar-refractivity contribution in [3.63, 3.8) is 0 Å². The van der Waals surface area contributed by atoms with Crippen molar-refractivity contribution in [2.24, 2.45) is 10.7 Å². The minimum absolute atomic E-state index is 0.00573. The van der Waals surface area contributed by atoms with E-state index in [4.69, 9.17) is 22.7 Å². The zero-order valence-electron chi connectivity index (χ0n) is 14.1. The molecule has 1 unspecified atom stereocenters. The van der Waals surface area contributed by atoms with Gasteiger partial charge in [0.25, 0.3) is 5.56 Å². The number of amides is 1. The second-order valence-electron chi connectivity index (χ2n) is 5.71. The molecular formula is C17H13ClF2N6O2. The highest BCUT2D eigenvalue weighted by Gasteiger charge is 2.25. The highest BCUT2D eigenvalue weighted by molar-refractivity contribution is 6.35. The van der Waals surface area contributed by atoms with Gasteiger partial charge in [0.1, 0.15) is 17.7 Å². The lowest BCUT2D eigenvalue weighted by Gasteiger charge is -2.07. The van der Waals surface area contributed by atoms with E-state index in [1.807, 2.05) is 0 Å².